The van der Waals surface area contributed by atoms with Crippen molar-refractivity contribution < 1.29 is 9.59 Å². The van der Waals surface area contributed by atoms with E-state index in [4.69, 9.17) is 0 Å². The van der Waals surface area contributed by atoms with Gasteiger partial charge in [0.05, 0.1) is 23.7 Å². The zero-order valence-corrected chi connectivity index (χ0v) is 11.8. The second-order valence-corrected chi connectivity index (χ2v) is 4.92. The normalized spacial score (nSPS) is 11.0. The molecule has 0 amide bonds. The molecule has 0 aliphatic rings. The molecule has 0 saturated carbocycles. The zero-order valence-electron chi connectivity index (χ0n) is 11.8. The van der Waals surface area contributed by atoms with Crippen LogP contribution in [0.4, 0.5) is 0 Å². The van der Waals surface area contributed by atoms with Crippen LogP contribution >= 0.6 is 0 Å². The summed E-state index contributed by atoms with van der Waals surface area (Å²) in [6, 6.07) is 7.47. The molecule has 0 saturated heterocycles. The fraction of sp³-hybridized carbons (Fsp3) is 0.200. The van der Waals surface area contributed by atoms with Gasteiger partial charge in [-0.25, -0.2) is 0 Å². The van der Waals surface area contributed by atoms with Crippen molar-refractivity contribution in [1.29, 1.82) is 0 Å². The summed E-state index contributed by atoms with van der Waals surface area (Å²) in [5.41, 5.74) is 1.64. The molecule has 0 atom stereocenters. The molecule has 21 heavy (non-hydrogen) atoms. The lowest BCUT2D eigenvalue weighted by Gasteiger charge is -1.96. The Balaban J connectivity index is 1.89. The number of hydrogen-bond donors (Lipinski definition) is 0. The van der Waals surface area contributed by atoms with Crippen LogP contribution in [0, 0.1) is 0 Å². The van der Waals surface area contributed by atoms with E-state index in [-0.39, 0.29) is 18.0 Å². The molecule has 2 aromatic heterocycles. The summed E-state index contributed by atoms with van der Waals surface area (Å²) in [5, 5.41) is 8.94. The first-order valence-electron chi connectivity index (χ1n) is 6.53. The Morgan fingerprint density at radius 1 is 1.14 bits per heavy atom. The summed E-state index contributed by atoms with van der Waals surface area (Å²) < 4.78 is 3.19. The first-order valence-corrected chi connectivity index (χ1v) is 6.53. The van der Waals surface area contributed by atoms with Crippen molar-refractivity contribution in [3.63, 3.8) is 0 Å². The van der Waals surface area contributed by atoms with Gasteiger partial charge in [-0.2, -0.15) is 10.2 Å². The maximum absolute atomic E-state index is 12.3. The molecule has 0 fully saturated rings. The zero-order chi connectivity index (χ0) is 15.0. The number of fused-ring (bicyclic) bond motifs is 1. The van der Waals surface area contributed by atoms with Gasteiger partial charge in [-0.3, -0.25) is 19.0 Å². The van der Waals surface area contributed by atoms with Crippen molar-refractivity contribution in [2.75, 3.05) is 0 Å². The number of rotatable bonds is 4. The number of benzene rings is 1. The van der Waals surface area contributed by atoms with Crippen molar-refractivity contribution in [3.05, 3.63) is 47.9 Å². The quantitative estimate of drug-likeness (QED) is 0.540. The first-order chi connectivity index (χ1) is 10.1. The number of para-hydroxylation sites is 1. The molecule has 0 spiro atoms. The number of hydrogen-bond acceptors (Lipinski definition) is 4. The molecule has 0 bridgehead atoms. The fourth-order valence-corrected chi connectivity index (χ4v) is 2.32. The molecule has 6 nitrogen and oxygen atoms in total. The van der Waals surface area contributed by atoms with Crippen molar-refractivity contribution in [1.82, 2.24) is 19.6 Å². The van der Waals surface area contributed by atoms with Gasteiger partial charge in [-0.15, -0.1) is 0 Å². The van der Waals surface area contributed by atoms with Gasteiger partial charge in [0, 0.05) is 25.7 Å². The second-order valence-electron chi connectivity index (χ2n) is 4.92. The van der Waals surface area contributed by atoms with E-state index in [0.29, 0.717) is 11.3 Å². The van der Waals surface area contributed by atoms with Crippen LogP contribution in [0.15, 0.2) is 36.7 Å². The summed E-state index contributed by atoms with van der Waals surface area (Å²) in [6.45, 7) is 0. The van der Waals surface area contributed by atoms with E-state index in [2.05, 4.69) is 10.2 Å². The van der Waals surface area contributed by atoms with Gasteiger partial charge in [-0.1, -0.05) is 18.2 Å². The second kappa shape index (κ2) is 4.97. The highest BCUT2D eigenvalue weighted by atomic mass is 16.1. The number of carbonyl (C=O) groups excluding carboxylic acids is 2. The van der Waals surface area contributed by atoms with Crippen molar-refractivity contribution in [2.24, 2.45) is 14.1 Å². The molecule has 0 aliphatic carbocycles. The lowest BCUT2D eigenvalue weighted by atomic mass is 10.1. The molecule has 106 valence electrons. The third-order valence-electron chi connectivity index (χ3n) is 3.37. The summed E-state index contributed by atoms with van der Waals surface area (Å²) in [7, 11) is 3.51. The Bertz CT molecular complexity index is 844. The summed E-state index contributed by atoms with van der Waals surface area (Å²) in [5.74, 6) is -0.525. The van der Waals surface area contributed by atoms with Crippen LogP contribution in [0.3, 0.4) is 0 Å². The minimum Gasteiger partial charge on any atom is -0.294 e. The molecule has 0 aliphatic heterocycles. The van der Waals surface area contributed by atoms with Crippen molar-refractivity contribution in [3.8, 4) is 0 Å². The van der Waals surface area contributed by atoms with Crippen LogP contribution in [0.1, 0.15) is 27.3 Å². The first kappa shape index (κ1) is 13.2. The monoisotopic (exact) mass is 282 g/mol. The molecule has 2 heterocycles. The fourth-order valence-electron chi connectivity index (χ4n) is 2.32. The average molecular weight is 282 g/mol. The van der Waals surface area contributed by atoms with Gasteiger partial charge in [0.25, 0.3) is 0 Å². The highest BCUT2D eigenvalue weighted by Crippen LogP contribution is 2.19. The standard InChI is InChI=1S/C15H14N4O2/c1-18-9-10(8-16-18)13(20)7-14(21)15-11-5-3-4-6-12(11)19(2)17-15/h3-6,8-9H,7H2,1-2H3. The molecule has 0 unspecified atom stereocenters. The highest BCUT2D eigenvalue weighted by molar-refractivity contribution is 6.16. The minimum absolute atomic E-state index is 0.202. The van der Waals surface area contributed by atoms with E-state index >= 15 is 0 Å². The van der Waals surface area contributed by atoms with Gasteiger partial charge in [0.2, 0.25) is 0 Å². The maximum atomic E-state index is 12.3. The van der Waals surface area contributed by atoms with Crippen molar-refractivity contribution in [2.45, 2.75) is 6.42 Å². The number of aromatic nitrogens is 4. The van der Waals surface area contributed by atoms with E-state index in [9.17, 15) is 9.59 Å². The average Bonchev–Trinajstić information content (AvgIpc) is 3.04. The number of carbonyl (C=O) groups is 2. The molecule has 6 heteroatoms. The van der Waals surface area contributed by atoms with Crippen LogP contribution in [0.25, 0.3) is 10.9 Å². The molecule has 1 aromatic carbocycles. The summed E-state index contributed by atoms with van der Waals surface area (Å²) in [4.78, 5) is 24.4. The predicted octanol–water partition coefficient (Wildman–Crippen LogP) is 1.76. The van der Waals surface area contributed by atoms with Gasteiger partial charge in [0.15, 0.2) is 11.6 Å². The minimum atomic E-state index is -0.277. The number of nitrogens with zero attached hydrogens (tertiary/aromatic N) is 4. The van der Waals surface area contributed by atoms with Crippen LogP contribution in [0.5, 0.6) is 0 Å². The highest BCUT2D eigenvalue weighted by Gasteiger charge is 2.20. The van der Waals surface area contributed by atoms with Crippen molar-refractivity contribution >= 4 is 22.5 Å². The Morgan fingerprint density at radius 3 is 2.62 bits per heavy atom. The van der Waals surface area contributed by atoms with E-state index < -0.39 is 0 Å². The predicted molar refractivity (Wildman–Crippen MR) is 77.2 cm³/mol. The number of ketones is 2. The lowest BCUT2D eigenvalue weighted by Crippen LogP contribution is -2.09. The molecule has 3 rings (SSSR count). The van der Waals surface area contributed by atoms with Crippen LogP contribution in [0.2, 0.25) is 0 Å². The third-order valence-corrected chi connectivity index (χ3v) is 3.37. The molecular weight excluding hydrogens is 268 g/mol. The molecule has 0 N–H and O–H groups in total. The van der Waals surface area contributed by atoms with Crippen LogP contribution in [-0.2, 0) is 14.1 Å². The van der Waals surface area contributed by atoms with E-state index in [1.54, 1.807) is 25.0 Å². The Hall–Kier alpha value is -2.76. The molecule has 3 aromatic rings. The Morgan fingerprint density at radius 2 is 1.90 bits per heavy atom. The molecule has 0 radical (unpaired) electrons. The van der Waals surface area contributed by atoms with Gasteiger partial charge >= 0.3 is 0 Å². The van der Waals surface area contributed by atoms with Crippen LogP contribution in [-0.4, -0.2) is 31.1 Å². The smallest absolute Gasteiger partial charge is 0.191 e. The lowest BCUT2D eigenvalue weighted by molar-refractivity contribution is 0.0892. The topological polar surface area (TPSA) is 69.8 Å². The van der Waals surface area contributed by atoms with Gasteiger partial charge < -0.3 is 0 Å². The summed E-state index contributed by atoms with van der Waals surface area (Å²) >= 11 is 0. The number of Topliss-reactive ketones (excluding diaryl/α,β-unsaturated/α-hetero) is 2. The third kappa shape index (κ3) is 2.35. The van der Waals surface area contributed by atoms with E-state index in [1.807, 2.05) is 24.3 Å². The number of aryl methyl sites for hydroxylation is 2. The van der Waals surface area contributed by atoms with E-state index in [1.165, 1.54) is 10.9 Å². The largest absolute Gasteiger partial charge is 0.294 e. The Kier molecular flexibility index (Phi) is 3.13. The maximum Gasteiger partial charge on any atom is 0.191 e. The van der Waals surface area contributed by atoms with E-state index in [0.717, 1.165) is 10.9 Å². The molecular formula is C15H14N4O2. The Labute approximate surface area is 121 Å². The van der Waals surface area contributed by atoms with Gasteiger partial charge in [0.1, 0.15) is 5.69 Å². The SMILES string of the molecule is Cn1cc(C(=O)CC(=O)c2nn(C)c3ccccc23)cn1. The van der Waals surface area contributed by atoms with Gasteiger partial charge in [-0.05, 0) is 6.07 Å². The summed E-state index contributed by atoms with van der Waals surface area (Å²) in [6.07, 6.45) is 2.87. The van der Waals surface area contributed by atoms with Crippen LogP contribution < -0.4 is 0 Å².